The van der Waals surface area contributed by atoms with E-state index in [-0.39, 0.29) is 67.6 Å². The third-order valence-electron chi connectivity index (χ3n) is 8.67. The molecular formula is C34H39KN2O8S2. The summed E-state index contributed by atoms with van der Waals surface area (Å²) in [6, 6.07) is 8.86. The molecule has 246 valence electrons. The van der Waals surface area contributed by atoms with Gasteiger partial charge < -0.3 is 19.1 Å². The standard InChI is InChI=1S/C34H40N2O8S2.K/c1-33(2)26-22-24(45(39,40)41)17-19-28(26)35(5)30(33)14-10-7-6-8-11-15-31-34(3,4)27-23-25(46(42,43)44)18-20-29(27)36(31)21-13-9-12-16-32(37)38;/h6-8,10-11,14-15,17-20,22-23H,9,12-13,16,21H2,1-5H3,(H2-,37,38,39,40,41,42,43,44);/q;+1/p-1. The van der Waals surface area contributed by atoms with E-state index in [0.717, 1.165) is 46.8 Å². The Morgan fingerprint density at radius 1 is 0.830 bits per heavy atom. The van der Waals surface area contributed by atoms with Crippen molar-refractivity contribution >= 4 is 43.3 Å². The zero-order chi connectivity index (χ0) is 34.1. The molecule has 4 rings (SSSR count). The molecule has 2 aliphatic heterocycles. The van der Waals surface area contributed by atoms with Crippen LogP contribution in [-0.4, -0.2) is 60.9 Å². The van der Waals surface area contributed by atoms with Gasteiger partial charge in [-0.3, -0.25) is 4.79 Å². The Hall–Kier alpha value is -2.20. The molecule has 0 fully saturated rings. The van der Waals surface area contributed by atoms with E-state index in [1.807, 2.05) is 81.9 Å². The van der Waals surface area contributed by atoms with Crippen LogP contribution >= 0.6 is 0 Å². The molecule has 2 heterocycles. The van der Waals surface area contributed by atoms with Crippen molar-refractivity contribution in [1.82, 2.24) is 0 Å². The topological polar surface area (TPSA) is 158 Å². The fraction of sp³-hybridized carbons (Fsp3) is 0.353. The van der Waals surface area contributed by atoms with E-state index in [4.69, 9.17) is 5.11 Å². The minimum absolute atomic E-state index is 0. The van der Waals surface area contributed by atoms with Crippen LogP contribution in [0.5, 0.6) is 0 Å². The molecule has 0 aliphatic carbocycles. The summed E-state index contributed by atoms with van der Waals surface area (Å²) < 4.78 is 72.0. The van der Waals surface area contributed by atoms with Crippen LogP contribution in [0.1, 0.15) is 64.5 Å². The van der Waals surface area contributed by atoms with Crippen LogP contribution in [0.25, 0.3) is 0 Å². The Morgan fingerprint density at radius 3 is 2.02 bits per heavy atom. The first-order valence-corrected chi connectivity index (χ1v) is 17.7. The van der Waals surface area contributed by atoms with Crippen molar-refractivity contribution in [2.45, 2.75) is 74.0 Å². The van der Waals surface area contributed by atoms with Gasteiger partial charge in [-0.15, -0.1) is 0 Å². The van der Waals surface area contributed by atoms with Crippen molar-refractivity contribution in [1.29, 1.82) is 0 Å². The first-order chi connectivity index (χ1) is 21.4. The van der Waals surface area contributed by atoms with Gasteiger partial charge in [-0.1, -0.05) is 50.6 Å². The first-order valence-electron chi connectivity index (χ1n) is 14.9. The van der Waals surface area contributed by atoms with E-state index in [0.29, 0.717) is 13.0 Å². The molecule has 1 N–H and O–H groups in total. The van der Waals surface area contributed by atoms with Gasteiger partial charge in [-0.05, 0) is 68.7 Å². The molecule has 0 saturated carbocycles. The van der Waals surface area contributed by atoms with Crippen LogP contribution in [0.15, 0.2) is 94.4 Å². The van der Waals surface area contributed by atoms with Crippen LogP contribution in [0, 0.1) is 0 Å². The molecular weight excluding hydrogens is 668 g/mol. The van der Waals surface area contributed by atoms with Gasteiger partial charge in [0.1, 0.15) is 27.3 Å². The molecule has 0 amide bonds. The first kappa shape index (κ1) is 39.2. The minimum Gasteiger partial charge on any atom is -0.744 e. The fourth-order valence-electron chi connectivity index (χ4n) is 6.23. The Balaban J connectivity index is 0.00000600. The Kier molecular flexibility index (Phi) is 12.6. The average molecular weight is 707 g/mol. The molecule has 47 heavy (non-hydrogen) atoms. The maximum atomic E-state index is 11.8. The van der Waals surface area contributed by atoms with E-state index >= 15 is 0 Å². The molecule has 2 aliphatic rings. The van der Waals surface area contributed by atoms with Gasteiger partial charge in [-0.2, -0.15) is 4.58 Å². The van der Waals surface area contributed by atoms with Crippen LogP contribution in [0.2, 0.25) is 0 Å². The summed E-state index contributed by atoms with van der Waals surface area (Å²) in [6.07, 6.45) is 15.4. The number of aliphatic carboxylic acids is 1. The van der Waals surface area contributed by atoms with Crippen molar-refractivity contribution in [3.63, 3.8) is 0 Å². The second-order valence-corrected chi connectivity index (χ2v) is 15.3. The molecule has 2 aromatic rings. The van der Waals surface area contributed by atoms with Crippen molar-refractivity contribution in [2.75, 3.05) is 18.5 Å². The number of carboxylic acid groups (broad SMARTS) is 1. The summed E-state index contributed by atoms with van der Waals surface area (Å²) in [4.78, 5) is 12.5. The van der Waals surface area contributed by atoms with Crippen LogP contribution in [-0.2, 0) is 35.9 Å². The molecule has 0 radical (unpaired) electrons. The molecule has 13 heteroatoms. The molecule has 0 unspecified atom stereocenters. The maximum Gasteiger partial charge on any atom is 1.00 e. The molecule has 0 atom stereocenters. The Morgan fingerprint density at radius 2 is 1.40 bits per heavy atom. The fourth-order valence-corrected chi connectivity index (χ4v) is 7.22. The smallest absolute Gasteiger partial charge is 0.744 e. The summed E-state index contributed by atoms with van der Waals surface area (Å²) in [5.74, 6) is -0.831. The molecule has 0 saturated heterocycles. The number of anilines is 1. The monoisotopic (exact) mass is 706 g/mol. The summed E-state index contributed by atoms with van der Waals surface area (Å²) in [6.45, 7) is 8.49. The Labute approximate surface area is 320 Å². The SMILES string of the molecule is C[N+]1=C(C=CC=CC=CC=C2N(CCCCCC(=O)O)c3ccc(S(=O)(=O)[O-])cc3C2(C)C)C(C)(C)c2cc(S(=O)(=O)[O-])ccc21.[K+]. The number of carboxylic acids is 1. The van der Waals surface area contributed by atoms with Crippen LogP contribution < -0.4 is 56.3 Å². The summed E-state index contributed by atoms with van der Waals surface area (Å²) >= 11 is 0. The Bertz CT molecular complexity index is 1920. The number of fused-ring (bicyclic) bond motifs is 2. The predicted molar refractivity (Wildman–Crippen MR) is 175 cm³/mol. The molecule has 0 bridgehead atoms. The molecule has 0 aromatic heterocycles. The number of rotatable bonds is 12. The van der Waals surface area contributed by atoms with Gasteiger partial charge in [-0.25, -0.2) is 16.8 Å². The van der Waals surface area contributed by atoms with E-state index in [9.17, 15) is 30.7 Å². The number of benzene rings is 2. The molecule has 10 nitrogen and oxygen atoms in total. The van der Waals surface area contributed by atoms with Gasteiger partial charge in [0, 0.05) is 47.5 Å². The van der Waals surface area contributed by atoms with E-state index in [2.05, 4.69) is 4.90 Å². The van der Waals surface area contributed by atoms with Gasteiger partial charge in [0.15, 0.2) is 5.71 Å². The van der Waals surface area contributed by atoms with E-state index < -0.39 is 37.0 Å². The van der Waals surface area contributed by atoms with Crippen LogP contribution in [0.4, 0.5) is 11.4 Å². The molecule has 0 spiro atoms. The predicted octanol–water partition coefficient (Wildman–Crippen LogP) is 2.50. The number of allylic oxidation sites excluding steroid dienone is 8. The van der Waals surface area contributed by atoms with Crippen molar-refractivity contribution in [2.24, 2.45) is 0 Å². The van der Waals surface area contributed by atoms with Crippen molar-refractivity contribution in [3.05, 3.63) is 95.8 Å². The van der Waals surface area contributed by atoms with E-state index in [1.165, 1.54) is 24.3 Å². The normalized spacial score (nSPS) is 18.0. The number of unbranched alkanes of at least 4 members (excludes halogenated alkanes) is 2. The maximum absolute atomic E-state index is 11.8. The second kappa shape index (κ2) is 15.1. The number of nitrogens with zero attached hydrogens (tertiary/aromatic N) is 2. The minimum atomic E-state index is -4.63. The van der Waals surface area contributed by atoms with E-state index in [1.54, 1.807) is 12.1 Å². The zero-order valence-corrected chi connectivity index (χ0v) is 32.3. The van der Waals surface area contributed by atoms with Gasteiger partial charge in [0.05, 0.1) is 15.2 Å². The second-order valence-electron chi connectivity index (χ2n) is 12.5. The third kappa shape index (κ3) is 8.70. The largest absolute Gasteiger partial charge is 1.00 e. The summed E-state index contributed by atoms with van der Waals surface area (Å²) in [5.41, 5.74) is 3.87. The van der Waals surface area contributed by atoms with Gasteiger partial charge >= 0.3 is 57.4 Å². The average Bonchev–Trinajstić information content (AvgIpc) is 3.28. The van der Waals surface area contributed by atoms with Gasteiger partial charge in [0.25, 0.3) is 0 Å². The summed E-state index contributed by atoms with van der Waals surface area (Å²) in [5, 5.41) is 8.95. The number of hydrogen-bond acceptors (Lipinski definition) is 8. The van der Waals surface area contributed by atoms with Crippen molar-refractivity contribution in [3.8, 4) is 0 Å². The zero-order valence-electron chi connectivity index (χ0n) is 27.6. The summed E-state index contributed by atoms with van der Waals surface area (Å²) in [7, 11) is -7.30. The van der Waals surface area contributed by atoms with Gasteiger partial charge in [0.2, 0.25) is 5.69 Å². The quantitative estimate of drug-likeness (QED) is 0.115. The van der Waals surface area contributed by atoms with Crippen molar-refractivity contribution < 1.29 is 91.8 Å². The molecule has 2 aromatic carbocycles. The number of carbonyl (C=O) groups is 1. The van der Waals surface area contributed by atoms with Crippen LogP contribution in [0.3, 0.4) is 0 Å². The third-order valence-corrected chi connectivity index (χ3v) is 10.3. The number of hydrogen-bond donors (Lipinski definition) is 1.